The van der Waals surface area contributed by atoms with Crippen LogP contribution in [-0.2, 0) is 11.8 Å². The Morgan fingerprint density at radius 1 is 0.913 bits per heavy atom. The zero-order valence-corrected chi connectivity index (χ0v) is 16.6. The Morgan fingerprint density at radius 3 is 2.13 bits per heavy atom. The van der Waals surface area contributed by atoms with E-state index in [1.54, 1.807) is 0 Å². The maximum absolute atomic E-state index is 10.6. The zero-order chi connectivity index (χ0) is 17.7. The van der Waals surface area contributed by atoms with Gasteiger partial charge in [-0.25, -0.2) is 0 Å². The van der Waals surface area contributed by atoms with E-state index >= 15 is 0 Å². The van der Waals surface area contributed by atoms with Crippen LogP contribution >= 0.6 is 0 Å². The van der Waals surface area contributed by atoms with E-state index in [1.165, 1.54) is 41.5 Å². The molecule has 0 aliphatic carbocycles. The summed E-state index contributed by atoms with van der Waals surface area (Å²) in [6.45, 7) is 15.5. The van der Waals surface area contributed by atoms with Gasteiger partial charge in [0, 0.05) is 0 Å². The number of hydrogen-bond acceptors (Lipinski definition) is 1. The highest BCUT2D eigenvalue weighted by atomic mass is 16.3. The maximum atomic E-state index is 10.6. The molecule has 1 unspecified atom stereocenters. The smallest absolute Gasteiger partial charge is 0.0623 e. The van der Waals surface area contributed by atoms with E-state index in [0.29, 0.717) is 0 Å². The molecule has 23 heavy (non-hydrogen) atoms. The van der Waals surface area contributed by atoms with Crippen molar-refractivity contribution < 1.29 is 5.11 Å². The molecule has 0 radical (unpaired) electrons. The quantitative estimate of drug-likeness (QED) is 0.561. The van der Waals surface area contributed by atoms with Gasteiger partial charge in [0.25, 0.3) is 0 Å². The van der Waals surface area contributed by atoms with E-state index in [4.69, 9.17) is 0 Å². The summed E-state index contributed by atoms with van der Waals surface area (Å²) in [5.41, 5.74) is 5.23. The molecule has 0 heterocycles. The second-order valence-corrected chi connectivity index (χ2v) is 8.64. The summed E-state index contributed by atoms with van der Waals surface area (Å²) in [5, 5.41) is 10.6. The SMILES string of the molecule is CCCCCCC(C)(O)CCc1cc(C)c(C)c(C(C)(C)C)c1. The molecule has 0 amide bonds. The Bertz CT molecular complexity index is 491. The predicted molar refractivity (Wildman–Crippen MR) is 102 cm³/mol. The minimum atomic E-state index is -0.533. The molecule has 1 rings (SSSR count). The summed E-state index contributed by atoms with van der Waals surface area (Å²) in [6.07, 6.45) is 7.65. The molecule has 1 aromatic rings. The summed E-state index contributed by atoms with van der Waals surface area (Å²) in [4.78, 5) is 0. The van der Waals surface area contributed by atoms with Crippen LogP contribution in [0.3, 0.4) is 0 Å². The third kappa shape index (κ3) is 6.67. The van der Waals surface area contributed by atoms with Crippen LogP contribution in [0.1, 0.15) is 95.4 Å². The molecule has 1 aromatic carbocycles. The van der Waals surface area contributed by atoms with Crippen LogP contribution in [0.4, 0.5) is 0 Å². The molecule has 1 nitrogen and oxygen atoms in total. The number of hydrogen-bond donors (Lipinski definition) is 1. The van der Waals surface area contributed by atoms with E-state index in [2.05, 4.69) is 53.7 Å². The molecule has 0 saturated heterocycles. The summed E-state index contributed by atoms with van der Waals surface area (Å²) < 4.78 is 0. The number of aliphatic hydroxyl groups is 1. The van der Waals surface area contributed by atoms with Crippen LogP contribution in [0, 0.1) is 13.8 Å². The van der Waals surface area contributed by atoms with Gasteiger partial charge in [-0.2, -0.15) is 0 Å². The Labute approximate surface area is 144 Å². The van der Waals surface area contributed by atoms with Crippen LogP contribution in [0.15, 0.2) is 12.1 Å². The van der Waals surface area contributed by atoms with Crippen LogP contribution < -0.4 is 0 Å². The molecule has 1 atom stereocenters. The Kier molecular flexibility index (Phi) is 7.32. The van der Waals surface area contributed by atoms with Crippen molar-refractivity contribution in [2.75, 3.05) is 0 Å². The van der Waals surface area contributed by atoms with Gasteiger partial charge in [0.2, 0.25) is 0 Å². The van der Waals surface area contributed by atoms with Crippen molar-refractivity contribution in [1.82, 2.24) is 0 Å². The average Bonchev–Trinajstić information content (AvgIpc) is 2.43. The normalized spacial score (nSPS) is 14.8. The van der Waals surface area contributed by atoms with E-state index in [-0.39, 0.29) is 5.41 Å². The molecular formula is C22H38O. The topological polar surface area (TPSA) is 20.2 Å². The largest absolute Gasteiger partial charge is 0.390 e. The van der Waals surface area contributed by atoms with Crippen LogP contribution in [0.2, 0.25) is 0 Å². The van der Waals surface area contributed by atoms with Gasteiger partial charge in [-0.15, -0.1) is 0 Å². The first-order valence-corrected chi connectivity index (χ1v) is 9.40. The van der Waals surface area contributed by atoms with Gasteiger partial charge in [-0.1, -0.05) is 65.5 Å². The Balaban J connectivity index is 2.72. The number of aryl methyl sites for hydroxylation is 2. The molecule has 0 saturated carbocycles. The summed E-state index contributed by atoms with van der Waals surface area (Å²) >= 11 is 0. The molecule has 0 bridgehead atoms. The van der Waals surface area contributed by atoms with Crippen molar-refractivity contribution in [3.63, 3.8) is 0 Å². The lowest BCUT2D eigenvalue weighted by Crippen LogP contribution is -2.25. The molecule has 1 N–H and O–H groups in total. The molecule has 0 aliphatic rings. The summed E-state index contributed by atoms with van der Waals surface area (Å²) in [7, 11) is 0. The van der Waals surface area contributed by atoms with Crippen LogP contribution in [-0.4, -0.2) is 10.7 Å². The highest BCUT2D eigenvalue weighted by molar-refractivity contribution is 5.41. The predicted octanol–water partition coefficient (Wildman–Crippen LogP) is 6.25. The molecule has 0 aliphatic heterocycles. The van der Waals surface area contributed by atoms with Crippen molar-refractivity contribution in [1.29, 1.82) is 0 Å². The highest BCUT2D eigenvalue weighted by Crippen LogP contribution is 2.30. The number of benzene rings is 1. The first-order chi connectivity index (χ1) is 10.6. The van der Waals surface area contributed by atoms with Crippen molar-refractivity contribution >= 4 is 0 Å². The lowest BCUT2D eigenvalue weighted by atomic mass is 9.80. The Hall–Kier alpha value is -0.820. The van der Waals surface area contributed by atoms with Gasteiger partial charge < -0.3 is 5.11 Å². The van der Waals surface area contributed by atoms with Crippen molar-refractivity contribution in [3.8, 4) is 0 Å². The van der Waals surface area contributed by atoms with Gasteiger partial charge in [0.1, 0.15) is 0 Å². The molecule has 132 valence electrons. The van der Waals surface area contributed by atoms with Gasteiger partial charge in [-0.05, 0) is 67.7 Å². The molecule has 0 aromatic heterocycles. The van der Waals surface area contributed by atoms with Gasteiger partial charge in [0.05, 0.1) is 5.60 Å². The lowest BCUT2D eigenvalue weighted by molar-refractivity contribution is 0.0396. The average molecular weight is 319 g/mol. The standard InChI is InChI=1S/C22H38O/c1-8-9-10-11-13-22(7,23)14-12-19-15-17(2)18(3)20(16-19)21(4,5)6/h15-16,23H,8-14H2,1-7H3. The van der Waals surface area contributed by atoms with E-state index in [0.717, 1.165) is 25.7 Å². The molecule has 1 heteroatoms. The number of unbranched alkanes of at least 4 members (excludes halogenated alkanes) is 3. The monoisotopic (exact) mass is 318 g/mol. The molecule has 0 spiro atoms. The fourth-order valence-corrected chi connectivity index (χ4v) is 3.33. The second-order valence-electron chi connectivity index (χ2n) is 8.64. The summed E-state index contributed by atoms with van der Waals surface area (Å²) in [5.74, 6) is 0. The molecule has 0 fully saturated rings. The minimum absolute atomic E-state index is 0.174. The number of rotatable bonds is 8. The summed E-state index contributed by atoms with van der Waals surface area (Å²) in [6, 6.07) is 4.66. The lowest BCUT2D eigenvalue weighted by Gasteiger charge is -2.26. The highest BCUT2D eigenvalue weighted by Gasteiger charge is 2.21. The van der Waals surface area contributed by atoms with Crippen molar-refractivity contribution in [2.45, 2.75) is 104 Å². The fourth-order valence-electron chi connectivity index (χ4n) is 3.33. The first kappa shape index (κ1) is 20.2. The third-order valence-electron chi connectivity index (χ3n) is 5.06. The van der Waals surface area contributed by atoms with Crippen molar-refractivity contribution in [3.05, 3.63) is 34.4 Å². The minimum Gasteiger partial charge on any atom is -0.390 e. The Morgan fingerprint density at radius 2 is 1.57 bits per heavy atom. The zero-order valence-electron chi connectivity index (χ0n) is 16.6. The van der Waals surface area contributed by atoms with Gasteiger partial charge in [-0.3, -0.25) is 0 Å². The second kappa shape index (κ2) is 8.33. The third-order valence-corrected chi connectivity index (χ3v) is 5.06. The maximum Gasteiger partial charge on any atom is 0.0623 e. The first-order valence-electron chi connectivity index (χ1n) is 9.40. The van der Waals surface area contributed by atoms with Crippen LogP contribution in [0.25, 0.3) is 0 Å². The fraction of sp³-hybridized carbons (Fsp3) is 0.727. The van der Waals surface area contributed by atoms with Gasteiger partial charge in [0.15, 0.2) is 0 Å². The molecular weight excluding hydrogens is 280 g/mol. The van der Waals surface area contributed by atoms with Crippen molar-refractivity contribution in [2.24, 2.45) is 0 Å². The van der Waals surface area contributed by atoms with E-state index < -0.39 is 5.60 Å². The van der Waals surface area contributed by atoms with E-state index in [1.807, 2.05) is 6.92 Å². The van der Waals surface area contributed by atoms with E-state index in [9.17, 15) is 5.11 Å². The van der Waals surface area contributed by atoms with Crippen LogP contribution in [0.5, 0.6) is 0 Å². The van der Waals surface area contributed by atoms with Gasteiger partial charge >= 0.3 is 0 Å².